The zero-order valence-corrected chi connectivity index (χ0v) is 10.6. The highest BCUT2D eigenvalue weighted by Gasteiger charge is 2.22. The van der Waals surface area contributed by atoms with Crippen molar-refractivity contribution in [2.45, 2.75) is 53.5 Å². The van der Waals surface area contributed by atoms with E-state index in [0.29, 0.717) is 12.3 Å². The van der Waals surface area contributed by atoms with Crippen LogP contribution >= 0.6 is 0 Å². The Bertz CT molecular complexity index is 244. The Labute approximate surface area is 93.8 Å². The van der Waals surface area contributed by atoms with Gasteiger partial charge in [-0.15, -0.1) is 6.42 Å². The second-order valence-electron chi connectivity index (χ2n) is 5.17. The standard InChI is InChI=1S/C13H23NO/c1-7-11(8-2)14-12(15)9-10(3)13(4,5)6/h1,10-11H,8-9H2,2-6H3,(H,14,15). The maximum absolute atomic E-state index is 11.6. The fourth-order valence-corrected chi connectivity index (χ4v) is 1.10. The highest BCUT2D eigenvalue weighted by atomic mass is 16.1. The Morgan fingerprint density at radius 3 is 2.33 bits per heavy atom. The van der Waals surface area contributed by atoms with Crippen LogP contribution in [-0.2, 0) is 4.79 Å². The van der Waals surface area contributed by atoms with Gasteiger partial charge in [0.2, 0.25) is 5.91 Å². The molecule has 2 atom stereocenters. The van der Waals surface area contributed by atoms with Crippen molar-refractivity contribution in [2.75, 3.05) is 0 Å². The van der Waals surface area contributed by atoms with Gasteiger partial charge in [-0.05, 0) is 17.8 Å². The van der Waals surface area contributed by atoms with E-state index in [1.807, 2.05) is 6.92 Å². The summed E-state index contributed by atoms with van der Waals surface area (Å²) >= 11 is 0. The average molecular weight is 209 g/mol. The third kappa shape index (κ3) is 5.47. The number of amides is 1. The summed E-state index contributed by atoms with van der Waals surface area (Å²) in [6.45, 7) is 10.5. The first kappa shape index (κ1) is 14.0. The molecule has 1 amide bonds. The van der Waals surface area contributed by atoms with Crippen molar-refractivity contribution in [3.8, 4) is 12.3 Å². The molecule has 0 aromatic heterocycles. The third-order valence-electron chi connectivity index (χ3n) is 2.91. The molecule has 0 spiro atoms. The van der Waals surface area contributed by atoms with Gasteiger partial charge in [0.05, 0.1) is 6.04 Å². The summed E-state index contributed by atoms with van der Waals surface area (Å²) in [6, 6.07) is -0.121. The third-order valence-corrected chi connectivity index (χ3v) is 2.91. The monoisotopic (exact) mass is 209 g/mol. The van der Waals surface area contributed by atoms with Crippen LogP contribution in [0.15, 0.2) is 0 Å². The van der Waals surface area contributed by atoms with Crippen LogP contribution in [0.4, 0.5) is 0 Å². The van der Waals surface area contributed by atoms with Crippen LogP contribution in [0.2, 0.25) is 0 Å². The number of hydrogen-bond acceptors (Lipinski definition) is 1. The molecule has 0 fully saturated rings. The van der Waals surface area contributed by atoms with E-state index in [4.69, 9.17) is 6.42 Å². The molecule has 0 saturated carbocycles. The van der Waals surface area contributed by atoms with Crippen molar-refractivity contribution in [1.82, 2.24) is 5.32 Å². The van der Waals surface area contributed by atoms with Gasteiger partial charge in [-0.3, -0.25) is 4.79 Å². The quantitative estimate of drug-likeness (QED) is 0.708. The van der Waals surface area contributed by atoms with E-state index in [1.165, 1.54) is 0 Å². The van der Waals surface area contributed by atoms with Gasteiger partial charge in [-0.25, -0.2) is 0 Å². The summed E-state index contributed by atoms with van der Waals surface area (Å²) in [5.74, 6) is 2.97. The van der Waals surface area contributed by atoms with Gasteiger partial charge >= 0.3 is 0 Å². The first-order chi connectivity index (χ1) is 6.81. The van der Waals surface area contributed by atoms with Crippen LogP contribution in [0.25, 0.3) is 0 Å². The predicted octanol–water partition coefficient (Wildman–Crippen LogP) is 2.59. The number of hydrogen-bond donors (Lipinski definition) is 1. The van der Waals surface area contributed by atoms with E-state index in [9.17, 15) is 4.79 Å². The summed E-state index contributed by atoms with van der Waals surface area (Å²) in [7, 11) is 0. The summed E-state index contributed by atoms with van der Waals surface area (Å²) in [4.78, 5) is 11.6. The van der Waals surface area contributed by atoms with E-state index in [0.717, 1.165) is 6.42 Å². The Balaban J connectivity index is 4.11. The molecule has 2 unspecified atom stereocenters. The van der Waals surface area contributed by atoms with Crippen molar-refractivity contribution < 1.29 is 4.79 Å². The molecule has 0 radical (unpaired) electrons. The second-order valence-corrected chi connectivity index (χ2v) is 5.17. The molecule has 0 aliphatic carbocycles. The minimum atomic E-state index is -0.121. The first-order valence-corrected chi connectivity index (χ1v) is 5.56. The number of rotatable bonds is 4. The number of carbonyl (C=O) groups excluding carboxylic acids is 1. The van der Waals surface area contributed by atoms with Gasteiger partial charge in [-0.2, -0.15) is 0 Å². The van der Waals surface area contributed by atoms with E-state index in [1.54, 1.807) is 0 Å². The predicted molar refractivity (Wildman–Crippen MR) is 64.3 cm³/mol. The number of carbonyl (C=O) groups is 1. The molecule has 0 aliphatic rings. The molecule has 0 rings (SSSR count). The molecule has 0 heterocycles. The molecule has 0 aliphatic heterocycles. The molecule has 86 valence electrons. The molecular weight excluding hydrogens is 186 g/mol. The van der Waals surface area contributed by atoms with Crippen LogP contribution in [0.3, 0.4) is 0 Å². The maximum atomic E-state index is 11.6. The lowest BCUT2D eigenvalue weighted by Gasteiger charge is -2.27. The molecule has 0 saturated heterocycles. The van der Waals surface area contributed by atoms with Gasteiger partial charge in [-0.1, -0.05) is 40.5 Å². The minimum Gasteiger partial charge on any atom is -0.342 e. The van der Waals surface area contributed by atoms with Crippen molar-refractivity contribution in [3.05, 3.63) is 0 Å². The smallest absolute Gasteiger partial charge is 0.221 e. The highest BCUT2D eigenvalue weighted by molar-refractivity contribution is 5.76. The fraction of sp³-hybridized carbons (Fsp3) is 0.769. The van der Waals surface area contributed by atoms with Crippen LogP contribution in [-0.4, -0.2) is 11.9 Å². The van der Waals surface area contributed by atoms with Crippen molar-refractivity contribution in [3.63, 3.8) is 0 Å². The van der Waals surface area contributed by atoms with E-state index < -0.39 is 0 Å². The van der Waals surface area contributed by atoms with Crippen molar-refractivity contribution in [2.24, 2.45) is 11.3 Å². The minimum absolute atomic E-state index is 0.0576. The second kappa shape index (κ2) is 5.80. The zero-order valence-electron chi connectivity index (χ0n) is 10.6. The maximum Gasteiger partial charge on any atom is 0.221 e. The molecule has 0 aromatic rings. The van der Waals surface area contributed by atoms with Gasteiger partial charge in [0.25, 0.3) is 0 Å². The summed E-state index contributed by atoms with van der Waals surface area (Å²) in [6.07, 6.45) is 6.61. The van der Waals surface area contributed by atoms with Crippen LogP contribution in [0.5, 0.6) is 0 Å². The molecule has 2 nitrogen and oxygen atoms in total. The van der Waals surface area contributed by atoms with Crippen molar-refractivity contribution >= 4 is 5.91 Å². The van der Waals surface area contributed by atoms with E-state index in [-0.39, 0.29) is 17.4 Å². The van der Waals surface area contributed by atoms with E-state index >= 15 is 0 Å². The zero-order chi connectivity index (χ0) is 12.1. The summed E-state index contributed by atoms with van der Waals surface area (Å²) in [5.41, 5.74) is 0.162. The largest absolute Gasteiger partial charge is 0.342 e. The highest BCUT2D eigenvalue weighted by Crippen LogP contribution is 2.27. The summed E-state index contributed by atoms with van der Waals surface area (Å²) in [5, 5.41) is 2.84. The molecule has 1 N–H and O–H groups in total. The van der Waals surface area contributed by atoms with Gasteiger partial charge in [0.15, 0.2) is 0 Å². The average Bonchev–Trinajstić information content (AvgIpc) is 2.12. The van der Waals surface area contributed by atoms with Crippen molar-refractivity contribution in [1.29, 1.82) is 0 Å². The fourth-order valence-electron chi connectivity index (χ4n) is 1.10. The normalized spacial score (nSPS) is 15.2. The topological polar surface area (TPSA) is 29.1 Å². The Morgan fingerprint density at radius 2 is 2.00 bits per heavy atom. The lowest BCUT2D eigenvalue weighted by atomic mass is 9.80. The molecular formula is C13H23NO. The Hall–Kier alpha value is -0.970. The molecule has 15 heavy (non-hydrogen) atoms. The Kier molecular flexibility index (Phi) is 5.43. The number of nitrogens with one attached hydrogen (secondary N) is 1. The lowest BCUT2D eigenvalue weighted by Crippen LogP contribution is -2.35. The molecule has 0 bridgehead atoms. The first-order valence-electron chi connectivity index (χ1n) is 5.56. The molecule has 0 aromatic carbocycles. The molecule has 2 heteroatoms. The number of terminal acetylenes is 1. The van der Waals surface area contributed by atoms with Gasteiger partial charge < -0.3 is 5.32 Å². The van der Waals surface area contributed by atoms with Gasteiger partial charge in [0.1, 0.15) is 0 Å². The summed E-state index contributed by atoms with van der Waals surface area (Å²) < 4.78 is 0. The van der Waals surface area contributed by atoms with Crippen LogP contribution in [0, 0.1) is 23.7 Å². The van der Waals surface area contributed by atoms with Crippen LogP contribution < -0.4 is 5.32 Å². The van der Waals surface area contributed by atoms with Gasteiger partial charge in [0, 0.05) is 6.42 Å². The SMILES string of the molecule is C#CC(CC)NC(=O)CC(C)C(C)(C)C. The van der Waals surface area contributed by atoms with E-state index in [2.05, 4.69) is 38.9 Å². The van der Waals surface area contributed by atoms with Crippen LogP contribution in [0.1, 0.15) is 47.5 Å². The Morgan fingerprint density at radius 1 is 1.47 bits per heavy atom. The lowest BCUT2D eigenvalue weighted by molar-refractivity contribution is -0.123.